The van der Waals surface area contributed by atoms with E-state index in [0.717, 1.165) is 6.07 Å². The summed E-state index contributed by atoms with van der Waals surface area (Å²) in [6, 6.07) is 9.77. The highest BCUT2D eigenvalue weighted by atomic mass is 32.2. The van der Waals surface area contributed by atoms with E-state index in [1.165, 1.54) is 39.6 Å². The summed E-state index contributed by atoms with van der Waals surface area (Å²) in [6.07, 6.45) is 2.64. The lowest BCUT2D eigenvalue weighted by atomic mass is 10.2. The molecule has 0 radical (unpaired) electrons. The number of halogens is 1. The molecule has 1 fully saturated rings. The number of hydrogen-bond acceptors (Lipinski definition) is 5. The maximum Gasteiger partial charge on any atom is 0.270 e. The van der Waals surface area contributed by atoms with Crippen LogP contribution in [-0.4, -0.2) is 54.6 Å². The molecule has 2 aromatic carbocycles. The van der Waals surface area contributed by atoms with Gasteiger partial charge in [0.15, 0.2) is 0 Å². The van der Waals surface area contributed by atoms with Crippen molar-refractivity contribution in [2.75, 3.05) is 26.2 Å². The first kappa shape index (κ1) is 21.6. The van der Waals surface area contributed by atoms with Gasteiger partial charge in [-0.25, -0.2) is 12.8 Å². The zero-order valence-corrected chi connectivity index (χ0v) is 17.0. The third-order valence-electron chi connectivity index (χ3n) is 4.86. The number of amides is 1. The van der Waals surface area contributed by atoms with E-state index >= 15 is 0 Å². The molecule has 10 heteroatoms. The Morgan fingerprint density at radius 3 is 2.43 bits per heavy atom. The van der Waals surface area contributed by atoms with E-state index in [4.69, 9.17) is 0 Å². The SMILES string of the molecule is Cc1ccc([N+](=O)[O-])cc1S(=O)(=O)N1CCN(C(=O)/C=C/c2ccccc2F)CC1. The summed E-state index contributed by atoms with van der Waals surface area (Å²) in [5.41, 5.74) is 0.395. The molecular formula is C20H20FN3O5S. The molecule has 1 amide bonds. The Morgan fingerprint density at radius 1 is 1.13 bits per heavy atom. The van der Waals surface area contributed by atoms with Gasteiger partial charge in [0.05, 0.1) is 9.82 Å². The van der Waals surface area contributed by atoms with Crippen LogP contribution in [0.2, 0.25) is 0 Å². The summed E-state index contributed by atoms with van der Waals surface area (Å²) in [4.78, 5) is 24.1. The summed E-state index contributed by atoms with van der Waals surface area (Å²) in [6.45, 7) is 2.01. The number of non-ortho nitro benzene ring substituents is 1. The predicted molar refractivity (Wildman–Crippen MR) is 109 cm³/mol. The van der Waals surface area contributed by atoms with Gasteiger partial charge in [-0.3, -0.25) is 14.9 Å². The Hall–Kier alpha value is -3.11. The minimum atomic E-state index is -3.94. The first-order valence-corrected chi connectivity index (χ1v) is 10.6. The van der Waals surface area contributed by atoms with Crippen LogP contribution in [0, 0.1) is 22.9 Å². The number of rotatable bonds is 5. The highest BCUT2D eigenvalue weighted by Gasteiger charge is 2.31. The van der Waals surface area contributed by atoms with Crippen LogP contribution in [0.5, 0.6) is 0 Å². The van der Waals surface area contributed by atoms with Crippen molar-refractivity contribution < 1.29 is 22.5 Å². The molecule has 0 unspecified atom stereocenters. The Bertz CT molecular complexity index is 1110. The summed E-state index contributed by atoms with van der Waals surface area (Å²) in [7, 11) is -3.94. The van der Waals surface area contributed by atoms with Gasteiger partial charge in [0.25, 0.3) is 5.69 Å². The molecule has 0 aliphatic carbocycles. The average Bonchev–Trinajstić information content (AvgIpc) is 2.73. The Labute approximate surface area is 173 Å². The predicted octanol–water partition coefficient (Wildman–Crippen LogP) is 2.59. The largest absolute Gasteiger partial charge is 0.337 e. The summed E-state index contributed by atoms with van der Waals surface area (Å²) in [5.74, 6) is -0.786. The van der Waals surface area contributed by atoms with Crippen molar-refractivity contribution in [2.45, 2.75) is 11.8 Å². The molecular weight excluding hydrogens is 413 g/mol. The highest BCUT2D eigenvalue weighted by molar-refractivity contribution is 7.89. The van der Waals surface area contributed by atoms with Crippen molar-refractivity contribution in [3.63, 3.8) is 0 Å². The van der Waals surface area contributed by atoms with E-state index in [1.807, 2.05) is 0 Å². The first-order chi connectivity index (χ1) is 14.2. The van der Waals surface area contributed by atoms with Gasteiger partial charge in [0.1, 0.15) is 5.82 Å². The second-order valence-corrected chi connectivity index (χ2v) is 8.70. The van der Waals surface area contributed by atoms with Gasteiger partial charge in [-0.2, -0.15) is 4.31 Å². The van der Waals surface area contributed by atoms with Crippen LogP contribution in [0.3, 0.4) is 0 Å². The van der Waals surface area contributed by atoms with Gasteiger partial charge in [-0.15, -0.1) is 0 Å². The number of nitro benzene ring substituents is 1. The fourth-order valence-electron chi connectivity index (χ4n) is 3.14. The van der Waals surface area contributed by atoms with E-state index < -0.39 is 20.8 Å². The summed E-state index contributed by atoms with van der Waals surface area (Å²) < 4.78 is 40.8. The molecule has 8 nitrogen and oxygen atoms in total. The van der Waals surface area contributed by atoms with Gasteiger partial charge in [-0.05, 0) is 24.6 Å². The van der Waals surface area contributed by atoms with Crippen molar-refractivity contribution in [1.29, 1.82) is 0 Å². The number of carbonyl (C=O) groups excluding carboxylic acids is 1. The van der Waals surface area contributed by atoms with Crippen molar-refractivity contribution in [3.05, 3.63) is 75.6 Å². The molecule has 0 saturated carbocycles. The van der Waals surface area contributed by atoms with Crippen LogP contribution >= 0.6 is 0 Å². The Kier molecular flexibility index (Phi) is 6.28. The molecule has 1 aliphatic rings. The normalized spacial score (nSPS) is 15.5. The maximum absolute atomic E-state index is 13.6. The van der Waals surface area contributed by atoms with Gasteiger partial charge < -0.3 is 4.90 Å². The first-order valence-electron chi connectivity index (χ1n) is 9.17. The number of sulfonamides is 1. The van der Waals surface area contributed by atoms with Crippen molar-refractivity contribution in [3.8, 4) is 0 Å². The minimum Gasteiger partial charge on any atom is -0.337 e. The maximum atomic E-state index is 13.6. The lowest BCUT2D eigenvalue weighted by Gasteiger charge is -2.33. The summed E-state index contributed by atoms with van der Waals surface area (Å²) in [5, 5.41) is 11.0. The van der Waals surface area contributed by atoms with Crippen molar-refractivity contribution >= 4 is 27.7 Å². The third-order valence-corrected chi connectivity index (χ3v) is 6.90. The molecule has 0 atom stereocenters. The second-order valence-electron chi connectivity index (χ2n) is 6.79. The fourth-order valence-corrected chi connectivity index (χ4v) is 4.81. The molecule has 1 aliphatic heterocycles. The van der Waals surface area contributed by atoms with E-state index in [-0.39, 0.29) is 48.2 Å². The third kappa shape index (κ3) is 4.55. The quantitative estimate of drug-likeness (QED) is 0.410. The Morgan fingerprint density at radius 2 is 1.80 bits per heavy atom. The minimum absolute atomic E-state index is 0.0593. The molecule has 2 aromatic rings. The topological polar surface area (TPSA) is 101 Å². The highest BCUT2D eigenvalue weighted by Crippen LogP contribution is 2.25. The standard InChI is InChI=1S/C20H20FN3O5S/c1-15-6-8-17(24(26)27)14-19(15)30(28,29)23-12-10-22(11-13-23)20(25)9-7-16-4-2-3-5-18(16)21/h2-9,14H,10-13H2,1H3/b9-7+. The zero-order chi connectivity index (χ0) is 21.9. The Balaban J connectivity index is 1.69. The number of carbonyl (C=O) groups is 1. The number of hydrogen-bond donors (Lipinski definition) is 0. The molecule has 1 heterocycles. The second kappa shape index (κ2) is 8.72. The zero-order valence-electron chi connectivity index (χ0n) is 16.2. The average molecular weight is 433 g/mol. The number of nitrogens with zero attached hydrogens (tertiary/aromatic N) is 3. The van der Waals surface area contributed by atoms with Crippen LogP contribution in [0.1, 0.15) is 11.1 Å². The number of aryl methyl sites for hydroxylation is 1. The molecule has 158 valence electrons. The number of piperazine rings is 1. The summed E-state index contributed by atoms with van der Waals surface area (Å²) >= 11 is 0. The lowest BCUT2D eigenvalue weighted by molar-refractivity contribution is -0.385. The number of nitro groups is 1. The van der Waals surface area contributed by atoms with E-state index in [1.54, 1.807) is 25.1 Å². The molecule has 0 spiro atoms. The van der Waals surface area contributed by atoms with Crippen LogP contribution in [0.15, 0.2) is 53.4 Å². The van der Waals surface area contributed by atoms with E-state index in [2.05, 4.69) is 0 Å². The number of benzene rings is 2. The van der Waals surface area contributed by atoms with Crippen LogP contribution < -0.4 is 0 Å². The van der Waals surface area contributed by atoms with Crippen LogP contribution in [0.25, 0.3) is 6.08 Å². The van der Waals surface area contributed by atoms with Crippen molar-refractivity contribution in [2.24, 2.45) is 0 Å². The van der Waals surface area contributed by atoms with Crippen molar-refractivity contribution in [1.82, 2.24) is 9.21 Å². The molecule has 0 N–H and O–H groups in total. The van der Waals surface area contributed by atoms with Gasteiger partial charge in [0.2, 0.25) is 15.9 Å². The fraction of sp³-hybridized carbons (Fsp3) is 0.250. The van der Waals surface area contributed by atoms with Gasteiger partial charge in [-0.1, -0.05) is 24.3 Å². The lowest BCUT2D eigenvalue weighted by Crippen LogP contribution is -2.50. The monoisotopic (exact) mass is 433 g/mol. The van der Waals surface area contributed by atoms with Gasteiger partial charge >= 0.3 is 0 Å². The molecule has 3 rings (SSSR count). The smallest absolute Gasteiger partial charge is 0.270 e. The van der Waals surface area contributed by atoms with Crippen LogP contribution in [-0.2, 0) is 14.8 Å². The molecule has 0 aromatic heterocycles. The van der Waals surface area contributed by atoms with E-state index in [0.29, 0.717) is 5.56 Å². The van der Waals surface area contributed by atoms with Crippen LogP contribution in [0.4, 0.5) is 10.1 Å². The molecule has 30 heavy (non-hydrogen) atoms. The van der Waals surface area contributed by atoms with E-state index in [9.17, 15) is 27.7 Å². The molecule has 1 saturated heterocycles. The van der Waals surface area contributed by atoms with Gasteiger partial charge in [0, 0.05) is 50.0 Å². The molecule has 0 bridgehead atoms.